The monoisotopic (exact) mass is 359 g/mol. The fourth-order valence-electron chi connectivity index (χ4n) is 2.67. The largest absolute Gasteiger partial charge is 0.279 e. The van der Waals surface area contributed by atoms with Crippen LogP contribution in [0.25, 0.3) is 0 Å². The van der Waals surface area contributed by atoms with Crippen molar-refractivity contribution in [1.82, 2.24) is 0 Å². The quantitative estimate of drug-likeness (QED) is 0.798. The molecule has 0 bridgehead atoms. The topological polar surface area (TPSA) is 46.2 Å². The summed E-state index contributed by atoms with van der Waals surface area (Å²) in [5.74, 6) is 0. The van der Waals surface area contributed by atoms with Crippen LogP contribution in [0.4, 0.5) is 5.69 Å². The Balaban J connectivity index is 2.54. The maximum Gasteiger partial charge on any atom is 0.261 e. The van der Waals surface area contributed by atoms with Crippen molar-refractivity contribution in [3.63, 3.8) is 0 Å². The Morgan fingerprint density at radius 3 is 1.84 bits per heavy atom. The average molecular weight is 360 g/mol. The van der Waals surface area contributed by atoms with E-state index in [1.807, 2.05) is 31.2 Å². The molecule has 0 atom stereocenters. The van der Waals surface area contributed by atoms with Gasteiger partial charge in [0, 0.05) is 0 Å². The molecule has 0 heterocycles. The molecule has 136 valence electrons. The Kier molecular flexibility index (Phi) is 5.06. The van der Waals surface area contributed by atoms with Crippen LogP contribution in [-0.4, -0.2) is 8.42 Å². The van der Waals surface area contributed by atoms with E-state index < -0.39 is 10.0 Å². The van der Waals surface area contributed by atoms with Gasteiger partial charge in [-0.05, 0) is 47.1 Å². The van der Waals surface area contributed by atoms with Gasteiger partial charge in [-0.25, -0.2) is 8.42 Å². The van der Waals surface area contributed by atoms with Gasteiger partial charge in [0.2, 0.25) is 0 Å². The first-order valence-electron chi connectivity index (χ1n) is 8.55. The summed E-state index contributed by atoms with van der Waals surface area (Å²) in [7, 11) is -3.63. The lowest BCUT2D eigenvalue weighted by molar-refractivity contribution is 0.577. The van der Waals surface area contributed by atoms with Crippen LogP contribution < -0.4 is 4.72 Å². The van der Waals surface area contributed by atoms with Crippen LogP contribution in [0.3, 0.4) is 0 Å². The van der Waals surface area contributed by atoms with Crippen molar-refractivity contribution >= 4 is 15.7 Å². The molecule has 0 aromatic heterocycles. The normalized spacial score (nSPS) is 12.9. The van der Waals surface area contributed by atoms with Crippen LogP contribution in [0, 0.1) is 6.92 Å². The van der Waals surface area contributed by atoms with E-state index in [4.69, 9.17) is 0 Å². The molecule has 4 heteroatoms. The molecular formula is C21H29NO2S. The molecule has 1 N–H and O–H groups in total. The molecule has 2 aromatic rings. The molecule has 3 nitrogen and oxygen atoms in total. The molecule has 0 radical (unpaired) electrons. The Labute approximate surface area is 152 Å². The van der Waals surface area contributed by atoms with Gasteiger partial charge < -0.3 is 0 Å². The number of hydrogen-bond donors (Lipinski definition) is 1. The molecule has 0 saturated heterocycles. The summed E-state index contributed by atoms with van der Waals surface area (Å²) in [5.41, 5.74) is 3.55. The van der Waals surface area contributed by atoms with Crippen molar-refractivity contribution in [2.45, 2.75) is 64.2 Å². The third-order valence-corrected chi connectivity index (χ3v) is 5.65. The van der Waals surface area contributed by atoms with Gasteiger partial charge in [0.15, 0.2) is 0 Å². The van der Waals surface area contributed by atoms with Gasteiger partial charge in [-0.1, -0.05) is 71.4 Å². The van der Waals surface area contributed by atoms with Gasteiger partial charge >= 0.3 is 0 Å². The Morgan fingerprint density at radius 1 is 0.800 bits per heavy atom. The molecule has 0 unspecified atom stereocenters. The first kappa shape index (κ1) is 19.5. The van der Waals surface area contributed by atoms with Crippen molar-refractivity contribution in [2.24, 2.45) is 0 Å². The smallest absolute Gasteiger partial charge is 0.261 e. The number of rotatable bonds is 3. The first-order valence-corrected chi connectivity index (χ1v) is 10.0. The number of hydrogen-bond acceptors (Lipinski definition) is 2. The molecule has 0 fully saturated rings. The molecule has 2 rings (SSSR count). The molecule has 0 saturated carbocycles. The summed E-state index contributed by atoms with van der Waals surface area (Å²) in [6.07, 6.45) is 0. The predicted octanol–water partition coefficient (Wildman–Crippen LogP) is 5.39. The van der Waals surface area contributed by atoms with Crippen LogP contribution in [0.1, 0.15) is 58.2 Å². The van der Waals surface area contributed by atoms with Gasteiger partial charge in [0.05, 0.1) is 10.6 Å². The molecule has 0 aliphatic rings. The zero-order valence-corrected chi connectivity index (χ0v) is 17.1. The molecular weight excluding hydrogens is 330 g/mol. The highest BCUT2D eigenvalue weighted by Gasteiger charge is 2.24. The van der Waals surface area contributed by atoms with Crippen LogP contribution in [0.5, 0.6) is 0 Å². The third-order valence-electron chi connectivity index (χ3n) is 4.27. The van der Waals surface area contributed by atoms with E-state index in [9.17, 15) is 8.42 Å². The van der Waals surface area contributed by atoms with Gasteiger partial charge in [-0.2, -0.15) is 0 Å². The van der Waals surface area contributed by atoms with Crippen molar-refractivity contribution < 1.29 is 8.42 Å². The first-order chi connectivity index (χ1) is 11.3. The molecule has 0 spiro atoms. The lowest BCUT2D eigenvalue weighted by Crippen LogP contribution is -2.21. The third kappa shape index (κ3) is 4.63. The van der Waals surface area contributed by atoms with Gasteiger partial charge in [-0.3, -0.25) is 4.72 Å². The fraction of sp³-hybridized carbons (Fsp3) is 0.429. The van der Waals surface area contributed by atoms with Crippen molar-refractivity contribution in [3.05, 3.63) is 59.2 Å². The Bertz CT molecular complexity index is 852. The molecule has 2 aromatic carbocycles. The highest BCUT2D eigenvalue weighted by atomic mass is 32.2. The van der Waals surface area contributed by atoms with Crippen molar-refractivity contribution in [2.75, 3.05) is 4.72 Å². The Hall–Kier alpha value is -1.81. The minimum absolute atomic E-state index is 0.0551. The summed E-state index contributed by atoms with van der Waals surface area (Å²) >= 11 is 0. The highest BCUT2D eigenvalue weighted by Crippen LogP contribution is 2.35. The van der Waals surface area contributed by atoms with Crippen molar-refractivity contribution in [3.8, 4) is 0 Å². The van der Waals surface area contributed by atoms with Crippen LogP contribution in [0.2, 0.25) is 0 Å². The zero-order chi connectivity index (χ0) is 19.0. The SMILES string of the molecule is Cc1ccc(S(=O)(=O)Nc2cc(C(C)(C)C)ccc2C(C)(C)C)cc1. The second-order valence-corrected chi connectivity index (χ2v) is 10.4. The molecule has 0 aliphatic carbocycles. The summed E-state index contributed by atoms with van der Waals surface area (Å²) in [6.45, 7) is 14.6. The molecule has 0 amide bonds. The lowest BCUT2D eigenvalue weighted by atomic mass is 9.81. The van der Waals surface area contributed by atoms with E-state index in [2.05, 4.69) is 52.3 Å². The Morgan fingerprint density at radius 2 is 1.36 bits per heavy atom. The van der Waals surface area contributed by atoms with Crippen LogP contribution in [0.15, 0.2) is 47.4 Å². The zero-order valence-electron chi connectivity index (χ0n) is 16.3. The second kappa shape index (κ2) is 6.49. The number of anilines is 1. The molecule has 0 aliphatic heterocycles. The maximum atomic E-state index is 12.8. The van der Waals surface area contributed by atoms with E-state index in [0.717, 1.165) is 16.7 Å². The number of benzene rings is 2. The van der Waals surface area contributed by atoms with Crippen LogP contribution >= 0.6 is 0 Å². The highest BCUT2D eigenvalue weighted by molar-refractivity contribution is 7.92. The summed E-state index contributed by atoms with van der Waals surface area (Å²) in [5, 5.41) is 0. The average Bonchev–Trinajstić information content (AvgIpc) is 2.45. The standard InChI is InChI=1S/C21H29NO2S/c1-15-8-11-17(12-9-15)25(23,24)22-19-14-16(20(2,3)4)10-13-18(19)21(5,6)7/h8-14,22H,1-7H3. The number of aryl methyl sites for hydroxylation is 1. The number of nitrogens with one attached hydrogen (secondary N) is 1. The summed E-state index contributed by atoms with van der Waals surface area (Å²) < 4.78 is 28.5. The van der Waals surface area contributed by atoms with Gasteiger partial charge in [0.1, 0.15) is 0 Å². The predicted molar refractivity (Wildman–Crippen MR) is 106 cm³/mol. The van der Waals surface area contributed by atoms with E-state index >= 15 is 0 Å². The summed E-state index contributed by atoms with van der Waals surface area (Å²) in [6, 6.07) is 13.0. The van der Waals surface area contributed by atoms with E-state index in [1.165, 1.54) is 0 Å². The van der Waals surface area contributed by atoms with E-state index in [1.54, 1.807) is 12.1 Å². The van der Waals surface area contributed by atoms with E-state index in [0.29, 0.717) is 5.69 Å². The minimum Gasteiger partial charge on any atom is -0.279 e. The van der Waals surface area contributed by atoms with Crippen LogP contribution in [-0.2, 0) is 20.9 Å². The van der Waals surface area contributed by atoms with Crippen molar-refractivity contribution in [1.29, 1.82) is 0 Å². The number of sulfonamides is 1. The second-order valence-electron chi connectivity index (χ2n) is 8.68. The van der Waals surface area contributed by atoms with Gasteiger partial charge in [-0.15, -0.1) is 0 Å². The van der Waals surface area contributed by atoms with E-state index in [-0.39, 0.29) is 15.7 Å². The summed E-state index contributed by atoms with van der Waals surface area (Å²) in [4.78, 5) is 0.277. The minimum atomic E-state index is -3.63. The van der Waals surface area contributed by atoms with Gasteiger partial charge in [0.25, 0.3) is 10.0 Å². The maximum absolute atomic E-state index is 12.8. The fourth-order valence-corrected chi connectivity index (χ4v) is 3.74. The molecule has 25 heavy (non-hydrogen) atoms. The lowest BCUT2D eigenvalue weighted by Gasteiger charge is -2.27.